The third-order valence-electron chi connectivity index (χ3n) is 13.8. The standard InChI is InChI=1S/C33H35FN2O5.C25H35N3O6S.C7H15NO3.Ca/c1-21(2)31-30(33(41)35-25-11-7-4-8-12-25)29(22-9-5-3-6-10-22)32(23-13-15-24(34)16-14-23)36(31)18-17-26(37)19-27(38)20-28(39)40;1-18(2)15-28(35(31,32)22-10-8-20(26)9-11-22)16-24(29)23(14-19-6-4-3-5-7-19)27-25(30)34-21-12-13-33-17-21;1-8(2,3)5-6(9)4-7(10)11;/h3-16,21,26-27,37-38H,17-20H2,1-2H3,(H,35,41)(H,39,40);3-11,18,21,23-24,29H,12-17,26H2,1-2H3,(H,27,30);6,9H,4-5H2,1-3H3;/q;;;+2/p-1/t26-,27-;21-,23-,24+;6-;/m101./s1. The summed E-state index contributed by atoms with van der Waals surface area (Å²) in [6, 6.07) is 39.3. The van der Waals surface area contributed by atoms with E-state index in [-0.39, 0.29) is 105 Å². The molecule has 6 atom stereocenters. The second-order valence-electron chi connectivity index (χ2n) is 23.3. The Labute approximate surface area is 545 Å². The summed E-state index contributed by atoms with van der Waals surface area (Å²) in [6.07, 6.45) is -5.14. The van der Waals surface area contributed by atoms with Crippen LogP contribution in [0, 0.1) is 11.7 Å². The molecule has 5 aromatic carbocycles. The molecule has 8 N–H and O–H groups in total. The number of anilines is 2. The van der Waals surface area contributed by atoms with Gasteiger partial charge in [-0.25, -0.2) is 17.6 Å². The molecular weight excluding hydrogens is 1180 g/mol. The number of nitrogens with one attached hydrogen (secondary N) is 2. The van der Waals surface area contributed by atoms with E-state index >= 15 is 0 Å². The van der Waals surface area contributed by atoms with Crippen molar-refractivity contribution in [3.8, 4) is 22.4 Å². The van der Waals surface area contributed by atoms with E-state index in [1.165, 1.54) is 40.7 Å². The van der Waals surface area contributed by atoms with Crippen LogP contribution in [0.3, 0.4) is 0 Å². The number of alkyl carbamates (subject to hydrolysis) is 1. The summed E-state index contributed by atoms with van der Waals surface area (Å²) >= 11 is 0. The van der Waals surface area contributed by atoms with Crippen LogP contribution >= 0.6 is 0 Å². The largest absolute Gasteiger partial charge is 2.00 e. The minimum atomic E-state index is -3.90. The van der Waals surface area contributed by atoms with Crippen LogP contribution in [0.1, 0.15) is 87.3 Å². The summed E-state index contributed by atoms with van der Waals surface area (Å²) in [5.41, 5.74) is 11.8. The quantitative estimate of drug-likeness (QED) is 0.0198. The second kappa shape index (κ2) is 35.8. The number of nitrogen functional groups attached to an aromatic ring is 1. The first-order valence-electron chi connectivity index (χ1n) is 28.9. The molecule has 0 radical (unpaired) electrons. The zero-order chi connectivity index (χ0) is 64.0. The number of carbonyl (C=O) groups is 4. The first kappa shape index (κ1) is 74.2. The number of quaternary nitrogens is 1. The van der Waals surface area contributed by atoms with Gasteiger partial charge in [-0.1, -0.05) is 107 Å². The minimum Gasteiger partial charge on any atom is -0.550 e. The van der Waals surface area contributed by atoms with Gasteiger partial charge in [0.1, 0.15) is 24.6 Å². The van der Waals surface area contributed by atoms with Crippen LogP contribution < -0.4 is 26.6 Å². The van der Waals surface area contributed by atoms with Gasteiger partial charge in [0.25, 0.3) is 5.91 Å². The topological polar surface area (TPSA) is 306 Å². The Balaban J connectivity index is 0.000000321. The number of halogens is 1. The van der Waals surface area contributed by atoms with Gasteiger partial charge in [-0.2, -0.15) is 4.31 Å². The van der Waals surface area contributed by atoms with Crippen LogP contribution in [0.5, 0.6) is 0 Å². The van der Waals surface area contributed by atoms with Gasteiger partial charge in [0.2, 0.25) is 10.0 Å². The Morgan fingerprint density at radius 3 is 1.88 bits per heavy atom. The van der Waals surface area contributed by atoms with Gasteiger partial charge >= 0.3 is 43.8 Å². The van der Waals surface area contributed by atoms with E-state index in [2.05, 4.69) is 10.6 Å². The Hall–Kier alpha value is -6.28. The van der Waals surface area contributed by atoms with E-state index in [0.29, 0.717) is 70.8 Å². The van der Waals surface area contributed by atoms with E-state index in [1.807, 2.05) is 132 Å². The van der Waals surface area contributed by atoms with Crippen molar-refractivity contribution in [1.29, 1.82) is 0 Å². The van der Waals surface area contributed by atoms with E-state index < -0.39 is 70.8 Å². The number of rotatable bonds is 27. The number of amides is 2. The molecule has 1 aliphatic heterocycles. The van der Waals surface area contributed by atoms with Gasteiger partial charge in [0, 0.05) is 73.5 Å². The fraction of sp³-hybridized carbons (Fsp3) is 0.415. The number of aliphatic carboxylic acids is 2. The van der Waals surface area contributed by atoms with E-state index in [1.54, 1.807) is 24.3 Å². The van der Waals surface area contributed by atoms with Crippen LogP contribution in [-0.2, 0) is 42.1 Å². The number of ether oxygens (including phenoxy) is 2. The number of carboxylic acids is 2. The number of nitrogens with zero attached hydrogens (tertiary/aromatic N) is 3. The number of aliphatic hydroxyl groups is 4. The van der Waals surface area contributed by atoms with Crippen molar-refractivity contribution in [3.05, 3.63) is 162 Å². The molecule has 6 aromatic rings. The summed E-state index contributed by atoms with van der Waals surface area (Å²) in [6.45, 7) is 9.31. The normalized spacial score (nSPS) is 14.9. The van der Waals surface area contributed by atoms with Crippen molar-refractivity contribution in [2.45, 2.75) is 120 Å². The molecule has 7 rings (SSSR count). The maximum atomic E-state index is 14.0. The van der Waals surface area contributed by atoms with Gasteiger partial charge in [-0.3, -0.25) is 4.79 Å². The van der Waals surface area contributed by atoms with Gasteiger partial charge in [-0.05, 0) is 108 Å². The number of likely N-dealkylation sites (N-methyl/N-ethyl adjacent to an activating group) is 1. The predicted molar refractivity (Wildman–Crippen MR) is 332 cm³/mol. The number of aliphatic hydroxyl groups excluding tert-OH is 4. The molecule has 1 fully saturated rings. The van der Waals surface area contributed by atoms with Crippen LogP contribution in [0.2, 0.25) is 0 Å². The first-order chi connectivity index (χ1) is 41.1. The Morgan fingerprint density at radius 1 is 0.773 bits per heavy atom. The third-order valence-corrected chi connectivity index (χ3v) is 15.6. The van der Waals surface area contributed by atoms with E-state index in [4.69, 9.17) is 20.3 Å². The zero-order valence-corrected chi connectivity index (χ0v) is 54.2. The number of carboxylic acid groups (broad SMARTS) is 2. The molecule has 472 valence electrons. The van der Waals surface area contributed by atoms with Crippen molar-refractivity contribution in [2.24, 2.45) is 5.92 Å². The van der Waals surface area contributed by atoms with Crippen LogP contribution in [-0.4, -0.2) is 194 Å². The number of hydrogen-bond acceptors (Lipinski definition) is 15. The SMILES string of the molecule is CC(C)CN(C[C@@H](O)[C@H](Cc1ccccc1)NC(=O)O[C@H]1CCOC1)S(=O)(=O)c1ccc(N)cc1.CC(C)c1c(C(=O)Nc2ccccc2)c(-c2ccccc2)c(-c2ccc(F)cc2)n1CC[C@@H](O)C[C@@H](O)CC(=O)[O-].C[N+](C)(C)C[C@H](O)CC(=O)[O-].[Ca+2]. The van der Waals surface area contributed by atoms with E-state index in [9.17, 15) is 57.5 Å². The number of benzene rings is 5. The number of nitrogens with two attached hydrogens (primary N) is 1. The molecule has 20 nitrogen and oxygen atoms in total. The molecule has 23 heteroatoms. The number of hydrogen-bond donors (Lipinski definition) is 7. The minimum absolute atomic E-state index is 0. The molecule has 1 saturated heterocycles. The number of carbonyl (C=O) groups excluding carboxylic acids is 4. The van der Waals surface area contributed by atoms with Gasteiger partial charge in [0.15, 0.2) is 0 Å². The molecule has 0 bridgehead atoms. The molecular formula is C65H84CaFN6O14S+. The molecule has 1 aromatic heterocycles. The smallest absolute Gasteiger partial charge is 0.550 e. The van der Waals surface area contributed by atoms with Crippen LogP contribution in [0.4, 0.5) is 20.6 Å². The Morgan fingerprint density at radius 2 is 1.34 bits per heavy atom. The zero-order valence-electron chi connectivity index (χ0n) is 51.2. The molecule has 1 aliphatic rings. The number of sulfonamides is 1. The van der Waals surface area contributed by atoms with Gasteiger partial charge < -0.3 is 75.1 Å². The van der Waals surface area contributed by atoms with Crippen molar-refractivity contribution >= 4 is 83.1 Å². The maximum Gasteiger partial charge on any atom is 2.00 e. The maximum absolute atomic E-state index is 14.0. The van der Waals surface area contributed by atoms with Crippen molar-refractivity contribution in [2.75, 3.05) is 65.0 Å². The van der Waals surface area contributed by atoms with Crippen LogP contribution in [0.25, 0.3) is 22.4 Å². The fourth-order valence-corrected chi connectivity index (χ4v) is 11.6. The Kier molecular flexibility index (Phi) is 30.2. The van der Waals surface area contributed by atoms with Crippen molar-refractivity contribution in [3.63, 3.8) is 0 Å². The number of para-hydroxylation sites is 1. The molecule has 88 heavy (non-hydrogen) atoms. The average Bonchev–Trinajstić information content (AvgIpc) is 1.73. The molecule has 0 unspecified atom stereocenters. The van der Waals surface area contributed by atoms with Gasteiger partial charge in [-0.15, -0.1) is 0 Å². The summed E-state index contributed by atoms with van der Waals surface area (Å²) in [4.78, 5) is 47.6. The van der Waals surface area contributed by atoms with Gasteiger partial charge in [0.05, 0.1) is 74.9 Å². The van der Waals surface area contributed by atoms with Crippen molar-refractivity contribution < 1.29 is 76.6 Å². The molecule has 2 amide bonds. The first-order valence-corrected chi connectivity index (χ1v) is 30.4. The second-order valence-corrected chi connectivity index (χ2v) is 25.2. The monoisotopic (exact) mass is 1260 g/mol. The summed E-state index contributed by atoms with van der Waals surface area (Å²) in [5.74, 6) is -3.40. The third kappa shape index (κ3) is 24.3. The molecule has 0 saturated carbocycles. The molecule has 0 spiro atoms. The van der Waals surface area contributed by atoms with Crippen LogP contribution in [0.15, 0.2) is 144 Å². The summed E-state index contributed by atoms with van der Waals surface area (Å²) in [5, 5.41) is 67.7. The number of aromatic nitrogens is 1. The van der Waals surface area contributed by atoms with Crippen molar-refractivity contribution in [1.82, 2.24) is 14.2 Å². The molecule has 2 heterocycles. The average molecular weight is 1260 g/mol. The Bertz CT molecular complexity index is 3220. The van der Waals surface area contributed by atoms with E-state index in [0.717, 1.165) is 16.8 Å². The summed E-state index contributed by atoms with van der Waals surface area (Å²) < 4.78 is 55.2. The summed E-state index contributed by atoms with van der Waals surface area (Å²) in [7, 11) is 1.76. The fourth-order valence-electron chi connectivity index (χ4n) is 9.98. The molecule has 0 aliphatic carbocycles. The predicted octanol–water partition coefficient (Wildman–Crippen LogP) is 5.19.